The Morgan fingerprint density at radius 2 is 2.00 bits per heavy atom. The normalized spacial score (nSPS) is 21.3. The highest BCUT2D eigenvalue weighted by molar-refractivity contribution is 5.79. The Balaban J connectivity index is 1.68. The van der Waals surface area contributed by atoms with E-state index in [1.807, 2.05) is 0 Å². The van der Waals surface area contributed by atoms with E-state index < -0.39 is 0 Å². The van der Waals surface area contributed by atoms with Gasteiger partial charge in [-0.05, 0) is 31.7 Å². The van der Waals surface area contributed by atoms with Gasteiger partial charge in [-0.3, -0.25) is 4.79 Å². The van der Waals surface area contributed by atoms with E-state index in [9.17, 15) is 4.79 Å². The standard InChI is InChI=1S/C19H28N2O2/c1-16-4-3-5-17(14-16)15-21-18(22)6-7-19(21)8-10-20(11-9-19)12-13-23-2/h3-5,14H,6-13,15H2,1-2H3. The Kier molecular flexibility index (Phi) is 5.02. The number of piperidine rings is 1. The summed E-state index contributed by atoms with van der Waals surface area (Å²) in [6.45, 7) is 6.80. The molecule has 2 aliphatic heterocycles. The lowest BCUT2D eigenvalue weighted by Gasteiger charge is -2.45. The van der Waals surface area contributed by atoms with Crippen LogP contribution in [-0.2, 0) is 16.1 Å². The van der Waals surface area contributed by atoms with Crippen molar-refractivity contribution in [1.29, 1.82) is 0 Å². The summed E-state index contributed by atoms with van der Waals surface area (Å²) in [6.07, 6.45) is 3.92. The molecule has 4 heteroatoms. The molecule has 2 fully saturated rings. The highest BCUT2D eigenvalue weighted by Gasteiger charge is 2.46. The van der Waals surface area contributed by atoms with E-state index >= 15 is 0 Å². The molecular formula is C19H28N2O2. The lowest BCUT2D eigenvalue weighted by molar-refractivity contribution is -0.133. The first-order valence-electron chi connectivity index (χ1n) is 8.70. The predicted octanol–water partition coefficient (Wildman–Crippen LogP) is 2.60. The summed E-state index contributed by atoms with van der Waals surface area (Å²) in [5, 5.41) is 0. The fraction of sp³-hybridized carbons (Fsp3) is 0.632. The SMILES string of the molecule is COCCN1CCC2(CCC(=O)N2Cc2cccc(C)c2)CC1. The van der Waals surface area contributed by atoms with Gasteiger partial charge in [0.05, 0.1) is 6.61 Å². The fourth-order valence-corrected chi connectivity index (χ4v) is 4.06. The van der Waals surface area contributed by atoms with Gasteiger partial charge in [0.2, 0.25) is 5.91 Å². The van der Waals surface area contributed by atoms with E-state index in [1.54, 1.807) is 7.11 Å². The molecule has 3 rings (SSSR count). The van der Waals surface area contributed by atoms with Gasteiger partial charge in [-0.2, -0.15) is 0 Å². The van der Waals surface area contributed by atoms with Gasteiger partial charge in [0.1, 0.15) is 0 Å². The van der Waals surface area contributed by atoms with Gasteiger partial charge in [0, 0.05) is 45.2 Å². The molecule has 0 radical (unpaired) electrons. The molecule has 0 N–H and O–H groups in total. The van der Waals surface area contributed by atoms with Gasteiger partial charge in [-0.15, -0.1) is 0 Å². The third kappa shape index (κ3) is 3.59. The van der Waals surface area contributed by atoms with Crippen LogP contribution in [0.25, 0.3) is 0 Å². The second-order valence-electron chi connectivity index (χ2n) is 7.03. The van der Waals surface area contributed by atoms with Crippen LogP contribution in [0.15, 0.2) is 24.3 Å². The number of amides is 1. The van der Waals surface area contributed by atoms with Gasteiger partial charge in [0.25, 0.3) is 0 Å². The zero-order valence-corrected chi connectivity index (χ0v) is 14.4. The van der Waals surface area contributed by atoms with Gasteiger partial charge >= 0.3 is 0 Å². The van der Waals surface area contributed by atoms with Crippen LogP contribution < -0.4 is 0 Å². The maximum Gasteiger partial charge on any atom is 0.223 e. The summed E-state index contributed by atoms with van der Waals surface area (Å²) in [5.74, 6) is 0.330. The minimum absolute atomic E-state index is 0.0877. The predicted molar refractivity (Wildman–Crippen MR) is 91.2 cm³/mol. The number of rotatable bonds is 5. The summed E-state index contributed by atoms with van der Waals surface area (Å²) < 4.78 is 5.18. The van der Waals surface area contributed by atoms with Crippen molar-refractivity contribution >= 4 is 5.91 Å². The number of nitrogens with zero attached hydrogens (tertiary/aromatic N) is 2. The molecule has 2 aliphatic rings. The zero-order chi connectivity index (χ0) is 16.3. The molecule has 23 heavy (non-hydrogen) atoms. The number of aryl methyl sites for hydroxylation is 1. The molecule has 4 nitrogen and oxygen atoms in total. The van der Waals surface area contributed by atoms with Crippen LogP contribution in [0, 0.1) is 6.92 Å². The van der Waals surface area contributed by atoms with E-state index in [-0.39, 0.29) is 5.54 Å². The van der Waals surface area contributed by atoms with Gasteiger partial charge < -0.3 is 14.5 Å². The van der Waals surface area contributed by atoms with E-state index in [2.05, 4.69) is 41.0 Å². The number of ether oxygens (including phenoxy) is 1. The van der Waals surface area contributed by atoms with E-state index in [0.717, 1.165) is 52.0 Å². The number of hydrogen-bond donors (Lipinski definition) is 0. The van der Waals surface area contributed by atoms with Crippen LogP contribution in [-0.4, -0.2) is 54.6 Å². The van der Waals surface area contributed by atoms with Crippen molar-refractivity contribution in [3.05, 3.63) is 35.4 Å². The minimum atomic E-state index is 0.0877. The molecule has 1 aromatic carbocycles. The van der Waals surface area contributed by atoms with Crippen LogP contribution >= 0.6 is 0 Å². The fourth-order valence-electron chi connectivity index (χ4n) is 4.06. The Bertz CT molecular complexity index is 550. The average molecular weight is 316 g/mol. The molecule has 2 heterocycles. The van der Waals surface area contributed by atoms with Crippen molar-refractivity contribution in [1.82, 2.24) is 9.80 Å². The first-order valence-corrected chi connectivity index (χ1v) is 8.70. The summed E-state index contributed by atoms with van der Waals surface area (Å²) >= 11 is 0. The molecule has 0 aliphatic carbocycles. The molecule has 1 spiro atoms. The summed E-state index contributed by atoms with van der Waals surface area (Å²) in [6, 6.07) is 8.54. The monoisotopic (exact) mass is 316 g/mol. The number of methoxy groups -OCH3 is 1. The van der Waals surface area contributed by atoms with E-state index in [0.29, 0.717) is 12.3 Å². The highest BCUT2D eigenvalue weighted by Crippen LogP contribution is 2.40. The topological polar surface area (TPSA) is 32.8 Å². The molecular weight excluding hydrogens is 288 g/mol. The lowest BCUT2D eigenvalue weighted by atomic mass is 9.84. The van der Waals surface area contributed by atoms with Crippen LogP contribution in [0.5, 0.6) is 0 Å². The first-order chi connectivity index (χ1) is 11.1. The second kappa shape index (κ2) is 7.02. The summed E-state index contributed by atoms with van der Waals surface area (Å²) in [4.78, 5) is 17.1. The Morgan fingerprint density at radius 1 is 1.22 bits per heavy atom. The molecule has 0 aromatic heterocycles. The van der Waals surface area contributed by atoms with E-state index in [1.165, 1.54) is 11.1 Å². The quantitative estimate of drug-likeness (QED) is 0.837. The molecule has 1 amide bonds. The van der Waals surface area contributed by atoms with Crippen molar-refractivity contribution in [3.8, 4) is 0 Å². The largest absolute Gasteiger partial charge is 0.383 e. The summed E-state index contributed by atoms with van der Waals surface area (Å²) in [5.41, 5.74) is 2.60. The molecule has 1 aromatic rings. The van der Waals surface area contributed by atoms with Crippen LogP contribution in [0.3, 0.4) is 0 Å². The smallest absolute Gasteiger partial charge is 0.223 e. The zero-order valence-electron chi connectivity index (χ0n) is 14.4. The van der Waals surface area contributed by atoms with Crippen molar-refractivity contribution in [2.45, 2.75) is 44.7 Å². The lowest BCUT2D eigenvalue weighted by Crippen LogP contribution is -2.53. The first kappa shape index (κ1) is 16.5. The number of carbonyl (C=O) groups is 1. The van der Waals surface area contributed by atoms with Crippen LogP contribution in [0.2, 0.25) is 0 Å². The second-order valence-corrected chi connectivity index (χ2v) is 7.03. The molecule has 0 atom stereocenters. The number of hydrogen-bond acceptors (Lipinski definition) is 3. The van der Waals surface area contributed by atoms with Crippen LogP contribution in [0.4, 0.5) is 0 Å². The third-order valence-electron chi connectivity index (χ3n) is 5.50. The third-order valence-corrected chi connectivity index (χ3v) is 5.50. The Morgan fingerprint density at radius 3 is 2.70 bits per heavy atom. The maximum atomic E-state index is 12.5. The Hall–Kier alpha value is -1.39. The molecule has 0 bridgehead atoms. The van der Waals surface area contributed by atoms with Gasteiger partial charge in [-0.1, -0.05) is 29.8 Å². The van der Waals surface area contributed by atoms with Gasteiger partial charge in [0.15, 0.2) is 0 Å². The molecule has 0 saturated carbocycles. The molecule has 126 valence electrons. The minimum Gasteiger partial charge on any atom is -0.383 e. The van der Waals surface area contributed by atoms with Gasteiger partial charge in [-0.25, -0.2) is 0 Å². The van der Waals surface area contributed by atoms with Crippen molar-refractivity contribution in [2.24, 2.45) is 0 Å². The highest BCUT2D eigenvalue weighted by atomic mass is 16.5. The number of likely N-dealkylation sites (tertiary alicyclic amines) is 2. The van der Waals surface area contributed by atoms with Crippen molar-refractivity contribution < 1.29 is 9.53 Å². The van der Waals surface area contributed by atoms with Crippen molar-refractivity contribution in [2.75, 3.05) is 33.4 Å². The average Bonchev–Trinajstić information content (AvgIpc) is 2.84. The van der Waals surface area contributed by atoms with Crippen LogP contribution in [0.1, 0.15) is 36.8 Å². The Labute approximate surface area is 139 Å². The van der Waals surface area contributed by atoms with Crippen molar-refractivity contribution in [3.63, 3.8) is 0 Å². The van der Waals surface area contributed by atoms with E-state index in [4.69, 9.17) is 4.74 Å². The number of benzene rings is 1. The maximum absolute atomic E-state index is 12.5. The number of carbonyl (C=O) groups excluding carboxylic acids is 1. The summed E-state index contributed by atoms with van der Waals surface area (Å²) in [7, 11) is 1.75. The molecule has 0 unspecified atom stereocenters. The molecule has 2 saturated heterocycles.